The largest absolute Gasteiger partial charge is 0.356 e. The molecule has 2 aliphatic heterocycles. The van der Waals surface area contributed by atoms with Crippen molar-refractivity contribution >= 4 is 11.7 Å². The lowest BCUT2D eigenvalue weighted by Crippen LogP contribution is -2.45. The van der Waals surface area contributed by atoms with Crippen molar-refractivity contribution in [2.75, 3.05) is 31.1 Å². The molecule has 0 unspecified atom stereocenters. The molecule has 1 aromatic carbocycles. The van der Waals surface area contributed by atoms with Crippen LogP contribution in [0.4, 0.5) is 10.2 Å². The number of nitrogens with zero attached hydrogens (tertiary/aromatic N) is 4. The Kier molecular flexibility index (Phi) is 5.55. The molecule has 4 rings (SSSR count). The highest BCUT2D eigenvalue weighted by Gasteiger charge is 2.30. The van der Waals surface area contributed by atoms with Crippen LogP contribution in [0, 0.1) is 17.7 Å². The molecule has 0 aliphatic carbocycles. The number of halogens is 1. The predicted octanol–water partition coefficient (Wildman–Crippen LogP) is 3.76. The fourth-order valence-electron chi connectivity index (χ4n) is 4.17. The summed E-state index contributed by atoms with van der Waals surface area (Å²) in [4.78, 5) is 25.8. The highest BCUT2D eigenvalue weighted by Crippen LogP contribution is 2.27. The number of aromatic nitrogens is 2. The van der Waals surface area contributed by atoms with Crippen molar-refractivity contribution in [3.05, 3.63) is 42.5 Å². The Hall–Kier alpha value is -2.50. The minimum Gasteiger partial charge on any atom is -0.356 e. The van der Waals surface area contributed by atoms with E-state index in [0.29, 0.717) is 11.6 Å². The van der Waals surface area contributed by atoms with Gasteiger partial charge in [-0.15, -0.1) is 0 Å². The zero-order chi connectivity index (χ0) is 19.5. The van der Waals surface area contributed by atoms with Crippen LogP contribution in [-0.2, 0) is 4.79 Å². The highest BCUT2D eigenvalue weighted by molar-refractivity contribution is 5.79. The van der Waals surface area contributed by atoms with Crippen LogP contribution >= 0.6 is 0 Å². The number of hydrogen-bond acceptors (Lipinski definition) is 4. The van der Waals surface area contributed by atoms with Crippen LogP contribution in [0.5, 0.6) is 0 Å². The Labute approximate surface area is 165 Å². The molecule has 2 aromatic rings. The van der Waals surface area contributed by atoms with E-state index in [9.17, 15) is 9.18 Å². The molecule has 2 aliphatic rings. The summed E-state index contributed by atoms with van der Waals surface area (Å²) in [7, 11) is 0. The van der Waals surface area contributed by atoms with Gasteiger partial charge in [0.05, 0.1) is 5.69 Å². The van der Waals surface area contributed by atoms with E-state index >= 15 is 0 Å². The van der Waals surface area contributed by atoms with Gasteiger partial charge in [0.15, 0.2) is 0 Å². The topological polar surface area (TPSA) is 49.3 Å². The number of likely N-dealkylation sites (tertiary alicyclic amines) is 1. The summed E-state index contributed by atoms with van der Waals surface area (Å²) in [6.07, 6.45) is 5.47. The van der Waals surface area contributed by atoms with Crippen molar-refractivity contribution in [1.29, 1.82) is 0 Å². The first-order valence-corrected chi connectivity index (χ1v) is 10.2. The Morgan fingerprint density at radius 3 is 2.50 bits per heavy atom. The molecule has 1 aromatic heterocycles. The van der Waals surface area contributed by atoms with Crippen LogP contribution in [0.3, 0.4) is 0 Å². The van der Waals surface area contributed by atoms with E-state index < -0.39 is 0 Å². The molecular formula is C22H27FN4O. The number of benzene rings is 1. The molecule has 2 fully saturated rings. The number of carbonyl (C=O) groups is 1. The van der Waals surface area contributed by atoms with E-state index in [1.54, 1.807) is 6.07 Å². The average Bonchev–Trinajstić information content (AvgIpc) is 2.74. The van der Waals surface area contributed by atoms with Crippen LogP contribution < -0.4 is 4.90 Å². The molecule has 0 atom stereocenters. The molecule has 148 valence electrons. The van der Waals surface area contributed by atoms with Crippen LogP contribution in [0.15, 0.2) is 36.7 Å². The first-order valence-electron chi connectivity index (χ1n) is 10.2. The first kappa shape index (κ1) is 18.8. The molecule has 5 nitrogen and oxygen atoms in total. The normalized spacial score (nSPS) is 19.1. The van der Waals surface area contributed by atoms with Crippen molar-refractivity contribution in [3.8, 4) is 11.3 Å². The van der Waals surface area contributed by atoms with E-state index in [0.717, 1.165) is 69.2 Å². The Balaban J connectivity index is 1.39. The third-order valence-corrected chi connectivity index (χ3v) is 6.04. The second kappa shape index (κ2) is 8.25. The van der Waals surface area contributed by atoms with Crippen molar-refractivity contribution < 1.29 is 9.18 Å². The lowest BCUT2D eigenvalue weighted by molar-refractivity contribution is -0.137. The smallest absolute Gasteiger partial charge is 0.225 e. The van der Waals surface area contributed by atoms with Gasteiger partial charge in [0, 0.05) is 43.7 Å². The highest BCUT2D eigenvalue weighted by atomic mass is 19.1. The summed E-state index contributed by atoms with van der Waals surface area (Å²) in [5, 5.41) is 0. The van der Waals surface area contributed by atoms with Gasteiger partial charge in [-0.3, -0.25) is 4.79 Å². The number of anilines is 1. The monoisotopic (exact) mass is 382 g/mol. The van der Waals surface area contributed by atoms with Crippen molar-refractivity contribution in [3.63, 3.8) is 0 Å². The fraction of sp³-hybridized carbons (Fsp3) is 0.500. The van der Waals surface area contributed by atoms with E-state index in [1.807, 2.05) is 12.1 Å². The number of hydrogen-bond donors (Lipinski definition) is 0. The number of amides is 1. The molecule has 0 N–H and O–H groups in total. The Morgan fingerprint density at radius 2 is 1.79 bits per heavy atom. The molecule has 6 heteroatoms. The van der Waals surface area contributed by atoms with Gasteiger partial charge in [0.1, 0.15) is 18.0 Å². The van der Waals surface area contributed by atoms with Crippen molar-refractivity contribution in [1.82, 2.24) is 14.9 Å². The number of carbonyl (C=O) groups excluding carboxylic acids is 1. The van der Waals surface area contributed by atoms with E-state index in [4.69, 9.17) is 0 Å². The van der Waals surface area contributed by atoms with Crippen LogP contribution in [-0.4, -0.2) is 47.0 Å². The average molecular weight is 382 g/mol. The summed E-state index contributed by atoms with van der Waals surface area (Å²) in [5.41, 5.74) is 1.46. The molecule has 1 amide bonds. The lowest BCUT2D eigenvalue weighted by Gasteiger charge is -2.37. The van der Waals surface area contributed by atoms with Crippen LogP contribution in [0.25, 0.3) is 11.3 Å². The Bertz CT molecular complexity index is 827. The number of piperidine rings is 2. The van der Waals surface area contributed by atoms with Crippen LogP contribution in [0.2, 0.25) is 0 Å². The quantitative estimate of drug-likeness (QED) is 0.811. The molecule has 0 saturated carbocycles. The van der Waals surface area contributed by atoms with Gasteiger partial charge in [-0.05, 0) is 43.7 Å². The van der Waals surface area contributed by atoms with Gasteiger partial charge in [-0.1, -0.05) is 19.1 Å². The Morgan fingerprint density at radius 1 is 1.04 bits per heavy atom. The minimum atomic E-state index is -0.274. The maximum absolute atomic E-state index is 13.5. The first-order chi connectivity index (χ1) is 13.6. The lowest BCUT2D eigenvalue weighted by atomic mass is 9.92. The second-order valence-electron chi connectivity index (χ2n) is 8.04. The standard InChI is InChI=1S/C22H27FN4O/c1-16-5-9-27(10-6-16)22(28)17-7-11-26(12-8-17)21-14-20(24-15-25-21)18-3-2-4-19(23)13-18/h2-4,13-17H,5-12H2,1H3. The maximum atomic E-state index is 13.5. The number of rotatable bonds is 3. The van der Waals surface area contributed by atoms with E-state index in [-0.39, 0.29) is 11.7 Å². The summed E-state index contributed by atoms with van der Waals surface area (Å²) in [6.45, 7) is 5.69. The third kappa shape index (κ3) is 4.16. The third-order valence-electron chi connectivity index (χ3n) is 6.04. The van der Waals surface area contributed by atoms with Crippen LogP contribution in [0.1, 0.15) is 32.6 Å². The van der Waals surface area contributed by atoms with Gasteiger partial charge < -0.3 is 9.80 Å². The minimum absolute atomic E-state index is 0.120. The van der Waals surface area contributed by atoms with Gasteiger partial charge in [-0.25, -0.2) is 14.4 Å². The fourth-order valence-corrected chi connectivity index (χ4v) is 4.17. The molecular weight excluding hydrogens is 355 g/mol. The summed E-state index contributed by atoms with van der Waals surface area (Å²) >= 11 is 0. The van der Waals surface area contributed by atoms with E-state index in [1.165, 1.54) is 18.5 Å². The summed E-state index contributed by atoms with van der Waals surface area (Å²) in [6, 6.07) is 8.35. The molecule has 0 radical (unpaired) electrons. The van der Waals surface area contributed by atoms with Gasteiger partial charge in [0.25, 0.3) is 0 Å². The second-order valence-corrected chi connectivity index (χ2v) is 8.04. The zero-order valence-electron chi connectivity index (χ0n) is 16.4. The molecule has 0 spiro atoms. The summed E-state index contributed by atoms with van der Waals surface area (Å²) in [5.74, 6) is 1.75. The predicted molar refractivity (Wildman–Crippen MR) is 107 cm³/mol. The molecule has 28 heavy (non-hydrogen) atoms. The van der Waals surface area contributed by atoms with Gasteiger partial charge in [-0.2, -0.15) is 0 Å². The molecule has 2 saturated heterocycles. The zero-order valence-corrected chi connectivity index (χ0v) is 16.4. The van der Waals surface area contributed by atoms with Crippen molar-refractivity contribution in [2.24, 2.45) is 11.8 Å². The van der Waals surface area contributed by atoms with Gasteiger partial charge in [0.2, 0.25) is 5.91 Å². The van der Waals surface area contributed by atoms with Crippen molar-refractivity contribution in [2.45, 2.75) is 32.6 Å². The SMILES string of the molecule is CC1CCN(C(=O)C2CCN(c3cc(-c4cccc(F)c4)ncn3)CC2)CC1. The van der Waals surface area contributed by atoms with E-state index in [2.05, 4.69) is 26.7 Å². The maximum Gasteiger partial charge on any atom is 0.225 e. The molecule has 0 bridgehead atoms. The molecule has 3 heterocycles. The summed E-state index contributed by atoms with van der Waals surface area (Å²) < 4.78 is 13.5. The van der Waals surface area contributed by atoms with Gasteiger partial charge >= 0.3 is 0 Å².